The molecule has 0 radical (unpaired) electrons. The molecule has 0 aliphatic rings. The fourth-order valence-corrected chi connectivity index (χ4v) is 2.71. The van der Waals surface area contributed by atoms with E-state index in [1.807, 2.05) is 0 Å². The van der Waals surface area contributed by atoms with Gasteiger partial charge in [-0.05, 0) is 19.3 Å². The van der Waals surface area contributed by atoms with Crippen molar-refractivity contribution in [2.75, 3.05) is 0 Å². The maximum absolute atomic E-state index is 10.4. The average molecular weight is 332 g/mol. The topological polar surface area (TPSA) is 98.0 Å². The zero-order chi connectivity index (χ0) is 17.6. The number of hydrogen-bond donors (Lipinski definition) is 4. The molecular formula is C18H36O5. The van der Waals surface area contributed by atoms with Crippen molar-refractivity contribution in [2.45, 2.75) is 109 Å². The smallest absolute Gasteiger partial charge is 0.332 e. The fourth-order valence-electron chi connectivity index (χ4n) is 2.71. The van der Waals surface area contributed by atoms with Gasteiger partial charge in [-0.2, -0.15) is 0 Å². The Morgan fingerprint density at radius 3 is 1.74 bits per heavy atom. The third kappa shape index (κ3) is 14.7. The highest BCUT2D eigenvalue weighted by Gasteiger charge is 2.21. The molecule has 0 saturated heterocycles. The molecule has 0 aromatic heterocycles. The standard InChI is InChI=1S/C18H36O5/c1-2-3-4-5-6-7-8-11-14-18(22,23)15-12-9-10-13-16(19)17(20)21/h16,19,22-23H,2-15H2,1H3,(H,20,21). The number of carboxylic acids is 1. The van der Waals surface area contributed by atoms with Crippen molar-refractivity contribution in [3.63, 3.8) is 0 Å². The zero-order valence-corrected chi connectivity index (χ0v) is 14.7. The van der Waals surface area contributed by atoms with E-state index in [0.29, 0.717) is 32.1 Å². The lowest BCUT2D eigenvalue weighted by atomic mass is 9.99. The van der Waals surface area contributed by atoms with E-state index in [-0.39, 0.29) is 6.42 Å². The average Bonchev–Trinajstić information content (AvgIpc) is 2.49. The molecule has 4 N–H and O–H groups in total. The van der Waals surface area contributed by atoms with E-state index in [2.05, 4.69) is 6.92 Å². The zero-order valence-electron chi connectivity index (χ0n) is 14.7. The van der Waals surface area contributed by atoms with Crippen LogP contribution in [0.15, 0.2) is 0 Å². The predicted octanol–water partition coefficient (Wildman–Crippen LogP) is 3.59. The second kappa shape index (κ2) is 13.8. The van der Waals surface area contributed by atoms with Crippen LogP contribution >= 0.6 is 0 Å². The summed E-state index contributed by atoms with van der Waals surface area (Å²) in [7, 11) is 0. The van der Waals surface area contributed by atoms with Gasteiger partial charge in [-0.3, -0.25) is 0 Å². The number of hydrogen-bond acceptors (Lipinski definition) is 4. The van der Waals surface area contributed by atoms with Gasteiger partial charge >= 0.3 is 5.97 Å². The van der Waals surface area contributed by atoms with Gasteiger partial charge in [0.05, 0.1) is 0 Å². The summed E-state index contributed by atoms with van der Waals surface area (Å²) in [6, 6.07) is 0. The van der Waals surface area contributed by atoms with Gasteiger partial charge < -0.3 is 20.4 Å². The van der Waals surface area contributed by atoms with Crippen molar-refractivity contribution in [3.05, 3.63) is 0 Å². The molecule has 5 nitrogen and oxygen atoms in total. The molecule has 0 aromatic rings. The van der Waals surface area contributed by atoms with Crippen LogP contribution in [0.2, 0.25) is 0 Å². The molecule has 23 heavy (non-hydrogen) atoms. The molecule has 0 aromatic carbocycles. The van der Waals surface area contributed by atoms with Gasteiger partial charge in [-0.25, -0.2) is 4.79 Å². The predicted molar refractivity (Wildman–Crippen MR) is 91.1 cm³/mol. The third-order valence-corrected chi connectivity index (χ3v) is 4.27. The molecule has 0 amide bonds. The van der Waals surface area contributed by atoms with Crippen LogP contribution in [0.3, 0.4) is 0 Å². The van der Waals surface area contributed by atoms with Crippen molar-refractivity contribution in [2.24, 2.45) is 0 Å². The van der Waals surface area contributed by atoms with Crippen LogP contribution < -0.4 is 0 Å². The minimum atomic E-state index is -1.60. The molecule has 0 spiro atoms. The summed E-state index contributed by atoms with van der Waals surface area (Å²) in [6.07, 6.45) is 11.0. The van der Waals surface area contributed by atoms with Crippen LogP contribution in [0.25, 0.3) is 0 Å². The van der Waals surface area contributed by atoms with E-state index in [9.17, 15) is 15.0 Å². The highest BCUT2D eigenvalue weighted by molar-refractivity contribution is 5.71. The Hall–Kier alpha value is -0.650. The molecule has 0 aliphatic carbocycles. The molecule has 138 valence electrons. The van der Waals surface area contributed by atoms with Crippen LogP contribution in [0.4, 0.5) is 0 Å². The summed E-state index contributed by atoms with van der Waals surface area (Å²) in [4.78, 5) is 10.4. The van der Waals surface area contributed by atoms with Gasteiger partial charge in [0.2, 0.25) is 0 Å². The monoisotopic (exact) mass is 332 g/mol. The van der Waals surface area contributed by atoms with E-state index < -0.39 is 17.9 Å². The SMILES string of the molecule is CCCCCCCCCCC(O)(O)CCCCCC(O)C(=O)O. The summed E-state index contributed by atoms with van der Waals surface area (Å²) < 4.78 is 0. The molecule has 5 heteroatoms. The Morgan fingerprint density at radius 2 is 1.26 bits per heavy atom. The second-order valence-corrected chi connectivity index (χ2v) is 6.66. The quantitative estimate of drug-likeness (QED) is 0.256. The van der Waals surface area contributed by atoms with Gasteiger partial charge in [0.1, 0.15) is 0 Å². The number of rotatable bonds is 16. The Kier molecular flexibility index (Phi) is 13.4. The molecular weight excluding hydrogens is 296 g/mol. The molecule has 0 bridgehead atoms. The normalized spacial score (nSPS) is 13.2. The first-order chi connectivity index (χ1) is 10.9. The fraction of sp³-hybridized carbons (Fsp3) is 0.944. The lowest BCUT2D eigenvalue weighted by Gasteiger charge is -2.21. The van der Waals surface area contributed by atoms with Crippen molar-refractivity contribution in [1.82, 2.24) is 0 Å². The summed E-state index contributed by atoms with van der Waals surface area (Å²) >= 11 is 0. The van der Waals surface area contributed by atoms with Gasteiger partial charge in [0.25, 0.3) is 0 Å². The van der Waals surface area contributed by atoms with Gasteiger partial charge in [-0.15, -0.1) is 0 Å². The lowest BCUT2D eigenvalue weighted by Crippen LogP contribution is -2.27. The number of aliphatic hydroxyl groups excluding tert-OH is 1. The van der Waals surface area contributed by atoms with Crippen molar-refractivity contribution in [3.8, 4) is 0 Å². The maximum atomic E-state index is 10.4. The Morgan fingerprint density at radius 1 is 0.826 bits per heavy atom. The van der Waals surface area contributed by atoms with Crippen molar-refractivity contribution >= 4 is 5.97 Å². The van der Waals surface area contributed by atoms with E-state index in [1.54, 1.807) is 0 Å². The van der Waals surface area contributed by atoms with Crippen LogP contribution in [-0.4, -0.2) is 38.3 Å². The minimum Gasteiger partial charge on any atom is -0.479 e. The van der Waals surface area contributed by atoms with Crippen LogP contribution in [0, 0.1) is 0 Å². The van der Waals surface area contributed by atoms with Crippen LogP contribution in [0.1, 0.15) is 96.8 Å². The van der Waals surface area contributed by atoms with E-state index in [4.69, 9.17) is 10.2 Å². The van der Waals surface area contributed by atoms with E-state index >= 15 is 0 Å². The molecule has 0 saturated carbocycles. The van der Waals surface area contributed by atoms with Gasteiger partial charge in [0, 0.05) is 12.8 Å². The van der Waals surface area contributed by atoms with Gasteiger partial charge in [0.15, 0.2) is 11.9 Å². The van der Waals surface area contributed by atoms with Crippen molar-refractivity contribution < 1.29 is 25.2 Å². The minimum absolute atomic E-state index is 0.219. The summed E-state index contributed by atoms with van der Waals surface area (Å²) in [5.41, 5.74) is 0. The van der Waals surface area contributed by atoms with Gasteiger partial charge in [-0.1, -0.05) is 64.7 Å². The maximum Gasteiger partial charge on any atom is 0.332 e. The molecule has 1 atom stereocenters. The third-order valence-electron chi connectivity index (χ3n) is 4.27. The highest BCUT2D eigenvalue weighted by Crippen LogP contribution is 2.20. The number of aliphatic carboxylic acids is 1. The summed E-state index contributed by atoms with van der Waals surface area (Å²) in [6.45, 7) is 2.20. The van der Waals surface area contributed by atoms with E-state index in [1.165, 1.54) is 32.1 Å². The molecule has 0 heterocycles. The number of aliphatic hydroxyl groups is 3. The van der Waals surface area contributed by atoms with Crippen LogP contribution in [-0.2, 0) is 4.79 Å². The number of carbonyl (C=O) groups is 1. The number of carboxylic acid groups (broad SMARTS) is 1. The number of unbranched alkanes of at least 4 members (excludes halogenated alkanes) is 9. The first-order valence-electron chi connectivity index (χ1n) is 9.24. The molecule has 0 aliphatic heterocycles. The first-order valence-corrected chi connectivity index (χ1v) is 9.24. The molecule has 0 fully saturated rings. The lowest BCUT2D eigenvalue weighted by molar-refractivity contribution is -0.172. The van der Waals surface area contributed by atoms with E-state index in [0.717, 1.165) is 19.3 Å². The molecule has 1 unspecified atom stereocenters. The largest absolute Gasteiger partial charge is 0.479 e. The first kappa shape index (κ1) is 22.4. The summed E-state index contributed by atoms with van der Waals surface area (Å²) in [5.74, 6) is -2.80. The summed E-state index contributed by atoms with van der Waals surface area (Å²) in [5, 5.41) is 37.5. The Balaban J connectivity index is 3.48. The second-order valence-electron chi connectivity index (χ2n) is 6.66. The van der Waals surface area contributed by atoms with Crippen molar-refractivity contribution in [1.29, 1.82) is 0 Å². The Labute approximate surface area is 140 Å². The molecule has 0 rings (SSSR count). The van der Waals surface area contributed by atoms with Crippen LogP contribution in [0.5, 0.6) is 0 Å². The Bertz CT molecular complexity index is 291. The highest BCUT2D eigenvalue weighted by atomic mass is 16.5.